The Morgan fingerprint density at radius 1 is 1.16 bits per heavy atom. The van der Waals surface area contributed by atoms with E-state index in [2.05, 4.69) is 39.5 Å². The van der Waals surface area contributed by atoms with Crippen LogP contribution >= 0.6 is 0 Å². The van der Waals surface area contributed by atoms with Gasteiger partial charge in [-0.25, -0.2) is 9.78 Å². The van der Waals surface area contributed by atoms with E-state index in [-0.39, 0.29) is 18.2 Å². The Balaban J connectivity index is 1.45. The highest BCUT2D eigenvalue weighted by molar-refractivity contribution is 6.05. The van der Waals surface area contributed by atoms with Crippen LogP contribution < -0.4 is 5.32 Å². The number of hydrogen-bond donors (Lipinski definition) is 1. The molecule has 7 nitrogen and oxygen atoms in total. The van der Waals surface area contributed by atoms with Crippen LogP contribution in [-0.4, -0.2) is 45.6 Å². The summed E-state index contributed by atoms with van der Waals surface area (Å²) in [6, 6.07) is 8.88. The maximum atomic E-state index is 12.0. The van der Waals surface area contributed by atoms with Crippen LogP contribution in [0.2, 0.25) is 0 Å². The number of carbonyl (C=O) groups excluding carboxylic acids is 1. The summed E-state index contributed by atoms with van der Waals surface area (Å²) in [5.74, 6) is 0.448. The van der Waals surface area contributed by atoms with Crippen LogP contribution in [0.25, 0.3) is 5.69 Å². The van der Waals surface area contributed by atoms with E-state index in [4.69, 9.17) is 9.73 Å². The van der Waals surface area contributed by atoms with Gasteiger partial charge in [0.25, 0.3) is 0 Å². The van der Waals surface area contributed by atoms with Crippen LogP contribution in [0.1, 0.15) is 43.7 Å². The first-order chi connectivity index (χ1) is 15.2. The Kier molecular flexibility index (Phi) is 5.42. The molecule has 1 aliphatic carbocycles. The Hall–Kier alpha value is -3.19. The Morgan fingerprint density at radius 2 is 1.97 bits per heavy atom. The number of hydrogen-bond acceptors (Lipinski definition) is 6. The van der Waals surface area contributed by atoms with Crippen LogP contribution in [-0.2, 0) is 9.53 Å². The van der Waals surface area contributed by atoms with E-state index in [0.717, 1.165) is 17.1 Å². The molecule has 160 valence electrons. The Labute approximate surface area is 182 Å². The third kappa shape index (κ3) is 3.93. The summed E-state index contributed by atoms with van der Waals surface area (Å²) in [6.45, 7) is 0. The summed E-state index contributed by atoms with van der Waals surface area (Å²) in [5, 5.41) is 3.87. The normalized spacial score (nSPS) is 23.3. The van der Waals surface area contributed by atoms with Gasteiger partial charge in [-0.1, -0.05) is 31.4 Å². The van der Waals surface area contributed by atoms with Gasteiger partial charge in [-0.15, -0.1) is 0 Å². The minimum Gasteiger partial charge on any atom is -0.465 e. The lowest BCUT2D eigenvalue weighted by molar-refractivity contribution is -0.135. The van der Waals surface area contributed by atoms with Gasteiger partial charge in [-0.3, -0.25) is 10.3 Å². The number of methoxy groups -OCH3 is 1. The van der Waals surface area contributed by atoms with E-state index >= 15 is 0 Å². The number of nitrogens with one attached hydrogen (secondary N) is 1. The Bertz CT molecular complexity index is 1020. The second-order valence-electron chi connectivity index (χ2n) is 8.25. The number of ether oxygens (including phenoxy) is 1. The van der Waals surface area contributed by atoms with Crippen molar-refractivity contribution in [1.29, 1.82) is 0 Å². The maximum absolute atomic E-state index is 12.0. The van der Waals surface area contributed by atoms with Crippen molar-refractivity contribution < 1.29 is 9.53 Å². The van der Waals surface area contributed by atoms with Gasteiger partial charge < -0.3 is 14.2 Å². The number of esters is 1. The number of rotatable bonds is 5. The molecule has 3 aliphatic rings. The first-order valence-electron chi connectivity index (χ1n) is 10.9. The van der Waals surface area contributed by atoms with E-state index in [9.17, 15) is 4.79 Å². The number of aromatic nitrogens is 2. The zero-order chi connectivity index (χ0) is 21.2. The van der Waals surface area contributed by atoms with Crippen LogP contribution in [0.5, 0.6) is 0 Å². The second kappa shape index (κ2) is 8.51. The van der Waals surface area contributed by atoms with Gasteiger partial charge in [0.05, 0.1) is 19.0 Å². The van der Waals surface area contributed by atoms with E-state index in [1.54, 1.807) is 12.5 Å². The van der Waals surface area contributed by atoms with Gasteiger partial charge in [-0.05, 0) is 42.7 Å². The number of carbonyl (C=O) groups is 1. The third-order valence-corrected chi connectivity index (χ3v) is 6.30. The Morgan fingerprint density at radius 3 is 2.68 bits per heavy atom. The van der Waals surface area contributed by atoms with E-state index < -0.39 is 0 Å². The largest absolute Gasteiger partial charge is 0.465 e. The van der Waals surface area contributed by atoms with Gasteiger partial charge in [0, 0.05) is 30.3 Å². The van der Waals surface area contributed by atoms with E-state index in [1.807, 2.05) is 29.1 Å². The molecule has 1 N–H and O–H groups in total. The fourth-order valence-corrected chi connectivity index (χ4v) is 4.64. The molecule has 2 aliphatic heterocycles. The molecule has 31 heavy (non-hydrogen) atoms. The molecular weight excluding hydrogens is 390 g/mol. The predicted molar refractivity (Wildman–Crippen MR) is 119 cm³/mol. The van der Waals surface area contributed by atoms with E-state index in [0.29, 0.717) is 11.6 Å². The number of amidine groups is 1. The first-order valence-corrected chi connectivity index (χ1v) is 10.9. The van der Waals surface area contributed by atoms with Crippen molar-refractivity contribution in [2.24, 2.45) is 4.99 Å². The molecule has 0 amide bonds. The highest BCUT2D eigenvalue weighted by Gasteiger charge is 2.38. The molecule has 0 bridgehead atoms. The summed E-state index contributed by atoms with van der Waals surface area (Å²) in [7, 11) is 1.40. The van der Waals surface area contributed by atoms with E-state index in [1.165, 1.54) is 39.2 Å². The molecule has 1 fully saturated rings. The van der Waals surface area contributed by atoms with Crippen LogP contribution in [0, 0.1) is 0 Å². The van der Waals surface area contributed by atoms with Crippen LogP contribution in [0.15, 0.2) is 71.9 Å². The molecule has 0 spiro atoms. The fourth-order valence-electron chi connectivity index (χ4n) is 4.64. The average Bonchev–Trinajstić information content (AvgIpc) is 3.48. The van der Waals surface area contributed by atoms with Crippen LogP contribution in [0.3, 0.4) is 0 Å². The molecule has 2 atom stereocenters. The predicted octanol–water partition coefficient (Wildman–Crippen LogP) is 3.50. The summed E-state index contributed by atoms with van der Waals surface area (Å²) < 4.78 is 6.88. The molecule has 5 rings (SSSR count). The number of imidazole rings is 1. The van der Waals surface area contributed by atoms with Gasteiger partial charge in [0.2, 0.25) is 0 Å². The van der Waals surface area contributed by atoms with Crippen molar-refractivity contribution in [2.75, 3.05) is 7.11 Å². The molecule has 3 heterocycles. The second-order valence-corrected chi connectivity index (χ2v) is 8.25. The van der Waals surface area contributed by atoms with Crippen molar-refractivity contribution in [2.45, 2.75) is 50.4 Å². The number of fused-ring (bicyclic) bond motifs is 1. The number of benzene rings is 1. The third-order valence-electron chi connectivity index (χ3n) is 6.30. The SMILES string of the molecule is COC(=O)C1=CC2=NC(c3ccc(-n4ccnc4)cc3)C(NC3CCCCC3)N2C=C1. The highest BCUT2D eigenvalue weighted by atomic mass is 16.5. The van der Waals surface area contributed by atoms with Crippen molar-refractivity contribution in [1.82, 2.24) is 19.8 Å². The molecule has 2 aromatic rings. The number of aliphatic imine (C=N–C) groups is 1. The van der Waals surface area contributed by atoms with Gasteiger partial charge in [-0.2, -0.15) is 0 Å². The zero-order valence-corrected chi connectivity index (χ0v) is 17.6. The zero-order valence-electron chi connectivity index (χ0n) is 17.6. The van der Waals surface area contributed by atoms with Crippen molar-refractivity contribution >= 4 is 11.8 Å². The summed E-state index contributed by atoms with van der Waals surface area (Å²) >= 11 is 0. The number of nitrogens with zero attached hydrogens (tertiary/aromatic N) is 4. The molecule has 2 unspecified atom stereocenters. The first kappa shape index (κ1) is 19.8. The molecule has 1 saturated carbocycles. The maximum Gasteiger partial charge on any atom is 0.338 e. The fraction of sp³-hybridized carbons (Fsp3) is 0.375. The smallest absolute Gasteiger partial charge is 0.338 e. The minimum atomic E-state index is -0.344. The van der Waals surface area contributed by atoms with Crippen molar-refractivity contribution in [3.8, 4) is 5.69 Å². The summed E-state index contributed by atoms with van der Waals surface area (Å²) in [5.41, 5.74) is 2.72. The lowest BCUT2D eigenvalue weighted by Gasteiger charge is -2.34. The standard InChI is InChI=1S/C24H27N5O2/c1-31-24(30)18-11-13-29-21(15-18)27-22(23(29)26-19-5-3-2-4-6-19)17-7-9-20(10-8-17)28-14-12-25-16-28/h7-16,19,22-23,26H,2-6H2,1H3. The molecule has 7 heteroatoms. The summed E-state index contributed by atoms with van der Waals surface area (Å²) in [4.78, 5) is 23.3. The topological polar surface area (TPSA) is 71.7 Å². The average molecular weight is 418 g/mol. The molecular formula is C24H27N5O2. The van der Waals surface area contributed by atoms with Gasteiger partial charge in [0.15, 0.2) is 0 Å². The molecule has 0 saturated heterocycles. The molecule has 1 aromatic heterocycles. The quantitative estimate of drug-likeness (QED) is 0.754. The van der Waals surface area contributed by atoms with Crippen molar-refractivity contribution in [3.63, 3.8) is 0 Å². The lowest BCUT2D eigenvalue weighted by Crippen LogP contribution is -2.49. The van der Waals surface area contributed by atoms with Crippen LogP contribution in [0.4, 0.5) is 0 Å². The lowest BCUT2D eigenvalue weighted by atomic mass is 9.94. The molecule has 1 aromatic carbocycles. The monoisotopic (exact) mass is 417 g/mol. The molecule has 0 radical (unpaired) electrons. The van der Waals surface area contributed by atoms with Gasteiger partial charge >= 0.3 is 5.97 Å². The summed E-state index contributed by atoms with van der Waals surface area (Å²) in [6.07, 6.45) is 17.3. The minimum absolute atomic E-state index is 0.0175. The highest BCUT2D eigenvalue weighted by Crippen LogP contribution is 2.34. The van der Waals surface area contributed by atoms with Crippen molar-refractivity contribution in [3.05, 3.63) is 72.5 Å². The van der Waals surface area contributed by atoms with Gasteiger partial charge in [0.1, 0.15) is 18.0 Å².